The predicted molar refractivity (Wildman–Crippen MR) is 54.3 cm³/mol. The number of carboxylic acid groups (broad SMARTS) is 1. The van der Waals surface area contributed by atoms with Crippen molar-refractivity contribution in [1.29, 1.82) is 0 Å². The number of likely N-dealkylation sites (tertiary alicyclic amines) is 1. The summed E-state index contributed by atoms with van der Waals surface area (Å²) in [5.74, 6) is -0.762. The average molecular weight is 211 g/mol. The van der Waals surface area contributed by atoms with Crippen molar-refractivity contribution in [2.45, 2.75) is 39.2 Å². The average Bonchev–Trinajstić information content (AvgIpc) is 2.65. The maximum absolute atomic E-state index is 12.0. The van der Waals surface area contributed by atoms with Crippen LogP contribution in [0.15, 0.2) is 0 Å². The highest BCUT2D eigenvalue weighted by molar-refractivity contribution is 5.87. The van der Waals surface area contributed by atoms with E-state index in [2.05, 4.69) is 13.8 Å². The van der Waals surface area contributed by atoms with Gasteiger partial charge in [0.05, 0.1) is 0 Å². The Balaban J connectivity index is 2.04. The molecule has 0 aromatic carbocycles. The van der Waals surface area contributed by atoms with Gasteiger partial charge in [0.25, 0.3) is 0 Å². The maximum atomic E-state index is 12.0. The molecule has 0 spiro atoms. The van der Waals surface area contributed by atoms with Gasteiger partial charge >= 0.3 is 5.97 Å². The third-order valence-electron chi connectivity index (χ3n) is 3.63. The number of nitrogens with zero attached hydrogens (tertiary/aromatic N) is 1. The summed E-state index contributed by atoms with van der Waals surface area (Å²) in [5, 5.41) is 8.97. The SMILES string of the molecule is CC1(C)C[C@@H]1C(=O)N1CCCC1C(=O)O. The van der Waals surface area contributed by atoms with Crippen LogP contribution in [0.3, 0.4) is 0 Å². The van der Waals surface area contributed by atoms with E-state index < -0.39 is 12.0 Å². The fraction of sp³-hybridized carbons (Fsp3) is 0.818. The van der Waals surface area contributed by atoms with Gasteiger partial charge in [-0.05, 0) is 24.7 Å². The Bertz CT molecular complexity index is 311. The van der Waals surface area contributed by atoms with Crippen LogP contribution in [-0.4, -0.2) is 34.5 Å². The quantitative estimate of drug-likeness (QED) is 0.744. The fourth-order valence-electron chi connectivity index (χ4n) is 2.38. The molecule has 1 N–H and O–H groups in total. The number of amides is 1. The Morgan fingerprint density at radius 3 is 2.47 bits per heavy atom. The molecule has 0 aromatic rings. The van der Waals surface area contributed by atoms with Crippen molar-refractivity contribution in [3.8, 4) is 0 Å². The van der Waals surface area contributed by atoms with Crippen molar-refractivity contribution in [3.05, 3.63) is 0 Å². The van der Waals surface area contributed by atoms with Gasteiger partial charge < -0.3 is 10.0 Å². The molecule has 1 unspecified atom stereocenters. The molecular weight excluding hydrogens is 194 g/mol. The summed E-state index contributed by atoms with van der Waals surface area (Å²) in [7, 11) is 0. The molecule has 1 aliphatic carbocycles. The molecular formula is C11H17NO3. The predicted octanol–water partition coefficient (Wildman–Crippen LogP) is 1.11. The fourth-order valence-corrected chi connectivity index (χ4v) is 2.38. The molecule has 0 aromatic heterocycles. The molecule has 1 amide bonds. The van der Waals surface area contributed by atoms with E-state index in [1.165, 1.54) is 0 Å². The second-order valence-corrected chi connectivity index (χ2v) is 5.27. The second-order valence-electron chi connectivity index (χ2n) is 5.27. The van der Waals surface area contributed by atoms with E-state index in [0.717, 1.165) is 12.8 Å². The third-order valence-corrected chi connectivity index (χ3v) is 3.63. The van der Waals surface area contributed by atoms with Crippen LogP contribution in [0.2, 0.25) is 0 Å². The number of hydrogen-bond acceptors (Lipinski definition) is 2. The van der Waals surface area contributed by atoms with Gasteiger partial charge in [0.15, 0.2) is 0 Å². The Kier molecular flexibility index (Phi) is 2.24. The Morgan fingerprint density at radius 2 is 2.00 bits per heavy atom. The molecule has 1 saturated heterocycles. The summed E-state index contributed by atoms with van der Waals surface area (Å²) < 4.78 is 0. The van der Waals surface area contributed by atoms with Gasteiger partial charge in [-0.1, -0.05) is 13.8 Å². The molecule has 0 bridgehead atoms. The molecule has 4 heteroatoms. The molecule has 84 valence electrons. The van der Waals surface area contributed by atoms with Crippen molar-refractivity contribution in [3.63, 3.8) is 0 Å². The number of rotatable bonds is 2. The van der Waals surface area contributed by atoms with E-state index in [-0.39, 0.29) is 17.2 Å². The first-order chi connectivity index (χ1) is 6.93. The number of carbonyl (C=O) groups excluding carboxylic acids is 1. The largest absolute Gasteiger partial charge is 0.480 e. The third kappa shape index (κ3) is 1.73. The van der Waals surface area contributed by atoms with E-state index in [0.29, 0.717) is 13.0 Å². The van der Waals surface area contributed by atoms with E-state index in [4.69, 9.17) is 5.11 Å². The highest BCUT2D eigenvalue weighted by Gasteiger charge is 2.53. The number of carboxylic acids is 1. The lowest BCUT2D eigenvalue weighted by Gasteiger charge is -2.22. The van der Waals surface area contributed by atoms with Crippen molar-refractivity contribution in [2.75, 3.05) is 6.54 Å². The van der Waals surface area contributed by atoms with Crippen molar-refractivity contribution in [2.24, 2.45) is 11.3 Å². The summed E-state index contributed by atoms with van der Waals surface area (Å²) in [4.78, 5) is 24.5. The van der Waals surface area contributed by atoms with E-state index >= 15 is 0 Å². The summed E-state index contributed by atoms with van der Waals surface area (Å²) >= 11 is 0. The monoisotopic (exact) mass is 211 g/mol. The van der Waals surface area contributed by atoms with Crippen LogP contribution in [0.1, 0.15) is 33.1 Å². The van der Waals surface area contributed by atoms with Crippen LogP contribution in [0, 0.1) is 11.3 Å². The van der Waals surface area contributed by atoms with Crippen LogP contribution in [0.4, 0.5) is 0 Å². The molecule has 1 aliphatic heterocycles. The minimum atomic E-state index is -0.862. The number of carbonyl (C=O) groups is 2. The van der Waals surface area contributed by atoms with Crippen LogP contribution in [-0.2, 0) is 9.59 Å². The lowest BCUT2D eigenvalue weighted by Crippen LogP contribution is -2.41. The van der Waals surface area contributed by atoms with Crippen molar-refractivity contribution < 1.29 is 14.7 Å². The first-order valence-electron chi connectivity index (χ1n) is 5.47. The summed E-state index contributed by atoms with van der Waals surface area (Å²) in [5.41, 5.74) is 0.0860. The lowest BCUT2D eigenvalue weighted by molar-refractivity contribution is -0.149. The van der Waals surface area contributed by atoms with Crippen LogP contribution < -0.4 is 0 Å². The van der Waals surface area contributed by atoms with Gasteiger partial charge in [-0.25, -0.2) is 4.79 Å². The zero-order chi connectivity index (χ0) is 11.2. The molecule has 2 atom stereocenters. The van der Waals surface area contributed by atoms with E-state index in [9.17, 15) is 9.59 Å². The van der Waals surface area contributed by atoms with Gasteiger partial charge in [0.1, 0.15) is 6.04 Å². The first kappa shape index (κ1) is 10.5. The minimum absolute atomic E-state index is 0.0462. The van der Waals surface area contributed by atoms with Gasteiger partial charge in [-0.15, -0.1) is 0 Å². The minimum Gasteiger partial charge on any atom is -0.480 e. The van der Waals surface area contributed by atoms with E-state index in [1.807, 2.05) is 0 Å². The maximum Gasteiger partial charge on any atom is 0.326 e. The lowest BCUT2D eigenvalue weighted by atomic mass is 10.1. The van der Waals surface area contributed by atoms with Crippen molar-refractivity contribution in [1.82, 2.24) is 4.90 Å². The molecule has 4 nitrogen and oxygen atoms in total. The zero-order valence-electron chi connectivity index (χ0n) is 9.19. The highest BCUT2D eigenvalue weighted by atomic mass is 16.4. The molecule has 1 heterocycles. The standard InChI is InChI=1S/C11H17NO3/c1-11(2)6-7(11)9(13)12-5-3-4-8(12)10(14)15/h7-8H,3-6H2,1-2H3,(H,14,15)/t7-,8?/m1/s1. The first-order valence-corrected chi connectivity index (χ1v) is 5.47. The molecule has 2 aliphatic rings. The summed E-state index contributed by atoms with van der Waals surface area (Å²) in [6, 6.07) is -0.575. The Morgan fingerprint density at radius 1 is 1.40 bits per heavy atom. The molecule has 1 saturated carbocycles. The van der Waals surface area contributed by atoms with Crippen LogP contribution in [0.25, 0.3) is 0 Å². The van der Waals surface area contributed by atoms with Crippen LogP contribution >= 0.6 is 0 Å². The zero-order valence-corrected chi connectivity index (χ0v) is 9.19. The number of hydrogen-bond donors (Lipinski definition) is 1. The smallest absolute Gasteiger partial charge is 0.326 e. The molecule has 2 fully saturated rings. The molecule has 15 heavy (non-hydrogen) atoms. The number of aliphatic carboxylic acids is 1. The topological polar surface area (TPSA) is 57.6 Å². The Hall–Kier alpha value is -1.06. The highest BCUT2D eigenvalue weighted by Crippen LogP contribution is 2.52. The van der Waals surface area contributed by atoms with Gasteiger partial charge in [0.2, 0.25) is 5.91 Å². The Labute approximate surface area is 89.3 Å². The van der Waals surface area contributed by atoms with Crippen LogP contribution in [0.5, 0.6) is 0 Å². The summed E-state index contributed by atoms with van der Waals surface area (Å²) in [6.45, 7) is 4.73. The van der Waals surface area contributed by atoms with Crippen molar-refractivity contribution >= 4 is 11.9 Å². The summed E-state index contributed by atoms with van der Waals surface area (Å²) in [6.07, 6.45) is 2.32. The van der Waals surface area contributed by atoms with Gasteiger partial charge in [-0.2, -0.15) is 0 Å². The molecule has 2 rings (SSSR count). The van der Waals surface area contributed by atoms with E-state index in [1.54, 1.807) is 4.90 Å². The molecule has 0 radical (unpaired) electrons. The van der Waals surface area contributed by atoms with Gasteiger partial charge in [-0.3, -0.25) is 4.79 Å². The second kappa shape index (κ2) is 3.22. The normalized spacial score (nSPS) is 32.8. The van der Waals surface area contributed by atoms with Gasteiger partial charge in [0, 0.05) is 12.5 Å².